The first-order chi connectivity index (χ1) is 18.9. The number of rotatable bonds is 7. The molecule has 2 N–H and O–H groups in total. The van der Waals surface area contributed by atoms with Crippen LogP contribution in [0.3, 0.4) is 0 Å². The van der Waals surface area contributed by atoms with E-state index >= 15 is 0 Å². The van der Waals surface area contributed by atoms with Crippen LogP contribution in [-0.4, -0.2) is 39.1 Å². The van der Waals surface area contributed by atoms with Crippen LogP contribution >= 0.6 is 12.2 Å². The van der Waals surface area contributed by atoms with Gasteiger partial charge in [0.1, 0.15) is 11.0 Å². The Hall–Kier alpha value is -4.56. The summed E-state index contributed by atoms with van der Waals surface area (Å²) in [6.45, 7) is 8.17. The quantitative estimate of drug-likeness (QED) is 0.236. The summed E-state index contributed by atoms with van der Waals surface area (Å²) in [5.41, 5.74) is 7.93. The van der Waals surface area contributed by atoms with Crippen LogP contribution in [0, 0.1) is 6.92 Å². The molecule has 196 valence electrons. The van der Waals surface area contributed by atoms with E-state index in [1.54, 1.807) is 16.9 Å². The second-order valence-corrected chi connectivity index (χ2v) is 9.59. The summed E-state index contributed by atoms with van der Waals surface area (Å²) in [5, 5.41) is 15.5. The number of hydrogen-bond donors (Lipinski definition) is 2. The van der Waals surface area contributed by atoms with Gasteiger partial charge in [-0.25, -0.2) is 0 Å². The number of thiocarbonyl (C=S) groups is 1. The van der Waals surface area contributed by atoms with Gasteiger partial charge in [0.05, 0.1) is 5.69 Å². The van der Waals surface area contributed by atoms with E-state index in [9.17, 15) is 4.79 Å². The van der Waals surface area contributed by atoms with Gasteiger partial charge in [0.25, 0.3) is 5.91 Å². The van der Waals surface area contributed by atoms with Crippen LogP contribution < -0.4 is 15.5 Å². The standard InChI is InChI=1S/C31H30N6OS/c1-4-36(5-2)25-15-17-26(18-16-25)37-34-28-19-21(3)27(20-29(28)35-37)32-31(39)33-30(38)24-13-11-23(12-14-24)22-9-7-6-8-10-22/h6-20H,4-5H2,1-3H3,(H2,32,33,38,39). The highest BCUT2D eigenvalue weighted by Gasteiger charge is 2.13. The summed E-state index contributed by atoms with van der Waals surface area (Å²) < 4.78 is 0. The van der Waals surface area contributed by atoms with Gasteiger partial charge in [0, 0.05) is 30.0 Å². The molecule has 0 spiro atoms. The van der Waals surface area contributed by atoms with Gasteiger partial charge in [-0.15, -0.1) is 10.2 Å². The van der Waals surface area contributed by atoms with Gasteiger partial charge in [0.2, 0.25) is 0 Å². The first kappa shape index (κ1) is 26.1. The Morgan fingerprint density at radius 1 is 0.846 bits per heavy atom. The minimum absolute atomic E-state index is 0.217. The molecule has 39 heavy (non-hydrogen) atoms. The Morgan fingerprint density at radius 2 is 1.46 bits per heavy atom. The molecule has 0 saturated carbocycles. The number of anilines is 2. The summed E-state index contributed by atoms with van der Waals surface area (Å²) in [6, 6.07) is 29.6. The van der Waals surface area contributed by atoms with Crippen molar-refractivity contribution >= 4 is 45.6 Å². The van der Waals surface area contributed by atoms with E-state index in [-0.39, 0.29) is 11.0 Å². The molecule has 0 unspecified atom stereocenters. The predicted molar refractivity (Wildman–Crippen MR) is 163 cm³/mol. The zero-order chi connectivity index (χ0) is 27.4. The largest absolute Gasteiger partial charge is 0.372 e. The number of hydrogen-bond acceptors (Lipinski definition) is 5. The number of amides is 1. The molecule has 7 nitrogen and oxygen atoms in total. The lowest BCUT2D eigenvalue weighted by Crippen LogP contribution is -2.34. The highest BCUT2D eigenvalue weighted by atomic mass is 32.1. The van der Waals surface area contributed by atoms with Crippen molar-refractivity contribution < 1.29 is 4.79 Å². The van der Waals surface area contributed by atoms with E-state index in [1.165, 1.54) is 5.69 Å². The van der Waals surface area contributed by atoms with Gasteiger partial charge in [-0.3, -0.25) is 10.1 Å². The van der Waals surface area contributed by atoms with Gasteiger partial charge in [-0.1, -0.05) is 42.5 Å². The van der Waals surface area contributed by atoms with E-state index in [1.807, 2.05) is 73.7 Å². The number of carbonyl (C=O) groups excluding carboxylic acids is 1. The topological polar surface area (TPSA) is 75.1 Å². The molecule has 0 fully saturated rings. The average Bonchev–Trinajstić information content (AvgIpc) is 3.37. The fourth-order valence-electron chi connectivity index (χ4n) is 4.48. The third-order valence-electron chi connectivity index (χ3n) is 6.67. The molecule has 0 bridgehead atoms. The SMILES string of the molecule is CCN(CC)c1ccc(-n2nc3cc(C)c(NC(=S)NC(=O)c4ccc(-c5ccccc5)cc4)cc3n2)cc1. The third-order valence-corrected chi connectivity index (χ3v) is 6.87. The highest BCUT2D eigenvalue weighted by molar-refractivity contribution is 7.80. The zero-order valence-corrected chi connectivity index (χ0v) is 23.0. The summed E-state index contributed by atoms with van der Waals surface area (Å²) >= 11 is 5.44. The fourth-order valence-corrected chi connectivity index (χ4v) is 4.68. The number of benzene rings is 4. The maximum Gasteiger partial charge on any atom is 0.257 e. The van der Waals surface area contributed by atoms with Gasteiger partial charge in [0.15, 0.2) is 5.11 Å². The summed E-state index contributed by atoms with van der Waals surface area (Å²) in [6.07, 6.45) is 0. The van der Waals surface area contributed by atoms with Crippen LogP contribution in [0.15, 0.2) is 91.0 Å². The average molecular weight is 535 g/mol. The zero-order valence-electron chi connectivity index (χ0n) is 22.2. The minimum Gasteiger partial charge on any atom is -0.372 e. The van der Waals surface area contributed by atoms with Gasteiger partial charge in [-0.2, -0.15) is 4.80 Å². The van der Waals surface area contributed by atoms with Crippen LogP contribution in [0.4, 0.5) is 11.4 Å². The molecule has 8 heteroatoms. The highest BCUT2D eigenvalue weighted by Crippen LogP contribution is 2.24. The van der Waals surface area contributed by atoms with Crippen molar-refractivity contribution in [3.8, 4) is 16.8 Å². The number of aromatic nitrogens is 3. The second-order valence-electron chi connectivity index (χ2n) is 9.19. The van der Waals surface area contributed by atoms with E-state index in [4.69, 9.17) is 12.2 Å². The van der Waals surface area contributed by atoms with E-state index in [0.717, 1.165) is 52.2 Å². The monoisotopic (exact) mass is 534 g/mol. The third kappa shape index (κ3) is 5.81. The normalized spacial score (nSPS) is 10.8. The van der Waals surface area contributed by atoms with Crippen molar-refractivity contribution in [2.75, 3.05) is 23.3 Å². The molecule has 1 heterocycles. The van der Waals surface area contributed by atoms with Crippen LogP contribution in [0.1, 0.15) is 29.8 Å². The summed E-state index contributed by atoms with van der Waals surface area (Å²) in [4.78, 5) is 16.7. The number of aryl methyl sites for hydroxylation is 1. The fraction of sp³-hybridized carbons (Fsp3) is 0.161. The lowest BCUT2D eigenvalue weighted by Gasteiger charge is -2.20. The van der Waals surface area contributed by atoms with Crippen LogP contribution in [0.25, 0.3) is 27.8 Å². The van der Waals surface area contributed by atoms with E-state index < -0.39 is 0 Å². The number of fused-ring (bicyclic) bond motifs is 1. The molecule has 0 radical (unpaired) electrons. The first-order valence-corrected chi connectivity index (χ1v) is 13.4. The van der Waals surface area contributed by atoms with Gasteiger partial charge in [-0.05, 0) is 98.2 Å². The number of nitrogens with one attached hydrogen (secondary N) is 2. The number of nitrogens with zero attached hydrogens (tertiary/aromatic N) is 4. The molecule has 1 amide bonds. The lowest BCUT2D eigenvalue weighted by atomic mass is 10.0. The predicted octanol–water partition coefficient (Wildman–Crippen LogP) is 6.37. The molecular weight excluding hydrogens is 504 g/mol. The summed E-state index contributed by atoms with van der Waals surface area (Å²) in [7, 11) is 0. The Morgan fingerprint density at radius 3 is 2.10 bits per heavy atom. The van der Waals surface area contributed by atoms with Crippen molar-refractivity contribution in [1.29, 1.82) is 0 Å². The second kappa shape index (κ2) is 11.4. The maximum absolute atomic E-state index is 12.8. The molecule has 0 aliphatic carbocycles. The molecule has 0 saturated heterocycles. The van der Waals surface area contributed by atoms with E-state index in [2.05, 4.69) is 51.7 Å². The molecule has 5 rings (SSSR count). The Balaban J connectivity index is 1.27. The van der Waals surface area contributed by atoms with Crippen molar-refractivity contribution in [2.45, 2.75) is 20.8 Å². The molecule has 5 aromatic rings. The molecule has 1 aromatic heterocycles. The Labute approximate surface area is 233 Å². The molecule has 0 aliphatic heterocycles. The van der Waals surface area contributed by atoms with Crippen molar-refractivity contribution in [3.63, 3.8) is 0 Å². The van der Waals surface area contributed by atoms with Crippen molar-refractivity contribution in [2.24, 2.45) is 0 Å². The van der Waals surface area contributed by atoms with Crippen LogP contribution in [-0.2, 0) is 0 Å². The first-order valence-electron chi connectivity index (χ1n) is 13.0. The minimum atomic E-state index is -0.273. The van der Waals surface area contributed by atoms with E-state index in [0.29, 0.717) is 5.56 Å². The maximum atomic E-state index is 12.8. The van der Waals surface area contributed by atoms with Gasteiger partial charge < -0.3 is 10.2 Å². The summed E-state index contributed by atoms with van der Waals surface area (Å²) in [5.74, 6) is -0.273. The molecule has 4 aromatic carbocycles. The van der Waals surface area contributed by atoms with Gasteiger partial charge >= 0.3 is 0 Å². The lowest BCUT2D eigenvalue weighted by molar-refractivity contribution is 0.0977. The van der Waals surface area contributed by atoms with Crippen LogP contribution in [0.5, 0.6) is 0 Å². The van der Waals surface area contributed by atoms with Crippen molar-refractivity contribution in [1.82, 2.24) is 20.3 Å². The Kier molecular flexibility index (Phi) is 7.65. The van der Waals surface area contributed by atoms with Crippen LogP contribution in [0.2, 0.25) is 0 Å². The smallest absolute Gasteiger partial charge is 0.257 e. The number of carbonyl (C=O) groups is 1. The molecule has 0 aliphatic rings. The Bertz CT molecular complexity index is 1610. The van der Waals surface area contributed by atoms with Crippen molar-refractivity contribution in [3.05, 3.63) is 102 Å². The molecule has 0 atom stereocenters. The molecular formula is C31H30N6OS.